The zero-order chi connectivity index (χ0) is 14.5. The second kappa shape index (κ2) is 6.90. The largest absolute Gasteiger partial charge is 0.482 e. The average Bonchev–Trinajstić information content (AvgIpc) is 2.42. The molecule has 0 unspecified atom stereocenters. The lowest BCUT2D eigenvalue weighted by Crippen LogP contribution is -2.17. The second-order valence-electron chi connectivity index (χ2n) is 4.13. The molecule has 104 valence electrons. The molecule has 0 radical (unpaired) electrons. The maximum absolute atomic E-state index is 11.7. The van der Waals surface area contributed by atoms with E-state index in [1.807, 2.05) is 25.1 Å². The summed E-state index contributed by atoms with van der Waals surface area (Å²) in [5.74, 6) is 0.696. The van der Waals surface area contributed by atoms with Gasteiger partial charge in [0.05, 0.1) is 0 Å². The summed E-state index contributed by atoms with van der Waals surface area (Å²) in [6.07, 6.45) is 0. The number of hydrogen-bond donors (Lipinski definition) is 0. The third kappa shape index (κ3) is 4.35. The van der Waals surface area contributed by atoms with Gasteiger partial charge in [-0.2, -0.15) is 0 Å². The molecule has 0 fully saturated rings. The predicted molar refractivity (Wildman–Crippen MR) is 84.2 cm³/mol. The average molecular weight is 400 g/mol. The third-order valence-electron chi connectivity index (χ3n) is 2.53. The van der Waals surface area contributed by atoms with E-state index in [4.69, 9.17) is 9.47 Å². The van der Waals surface area contributed by atoms with E-state index in [9.17, 15) is 4.79 Å². The van der Waals surface area contributed by atoms with Gasteiger partial charge in [0.15, 0.2) is 6.61 Å². The van der Waals surface area contributed by atoms with Gasteiger partial charge in [-0.15, -0.1) is 0 Å². The van der Waals surface area contributed by atoms with E-state index in [1.54, 1.807) is 24.3 Å². The van der Waals surface area contributed by atoms with Crippen LogP contribution in [0.2, 0.25) is 0 Å². The molecule has 2 aromatic rings. The van der Waals surface area contributed by atoms with Crippen LogP contribution in [0.1, 0.15) is 5.56 Å². The number of carbonyl (C=O) groups excluding carboxylic acids is 1. The number of ether oxygens (including phenoxy) is 2. The summed E-state index contributed by atoms with van der Waals surface area (Å²) in [4.78, 5) is 11.7. The van der Waals surface area contributed by atoms with Crippen molar-refractivity contribution in [2.45, 2.75) is 6.92 Å². The smallest absolute Gasteiger partial charge is 0.349 e. The van der Waals surface area contributed by atoms with E-state index in [2.05, 4.69) is 31.9 Å². The molecule has 0 aliphatic heterocycles. The number of hydrogen-bond acceptors (Lipinski definition) is 3. The van der Waals surface area contributed by atoms with Crippen LogP contribution in [0, 0.1) is 6.92 Å². The number of rotatable bonds is 4. The van der Waals surface area contributed by atoms with Gasteiger partial charge in [0, 0.05) is 8.95 Å². The van der Waals surface area contributed by atoms with E-state index in [0.717, 1.165) is 14.5 Å². The molecule has 0 heterocycles. The molecule has 0 bridgehead atoms. The Bertz CT molecular complexity index is 609. The lowest BCUT2D eigenvalue weighted by atomic mass is 10.2. The van der Waals surface area contributed by atoms with Gasteiger partial charge in [-0.1, -0.05) is 31.9 Å². The number of esters is 1. The molecule has 0 atom stereocenters. The van der Waals surface area contributed by atoms with Crippen molar-refractivity contribution in [3.05, 3.63) is 57.0 Å². The van der Waals surface area contributed by atoms with Gasteiger partial charge in [-0.3, -0.25) is 0 Å². The summed E-state index contributed by atoms with van der Waals surface area (Å²) in [5.41, 5.74) is 1.00. The summed E-state index contributed by atoms with van der Waals surface area (Å²) in [5, 5.41) is 0. The highest BCUT2D eigenvalue weighted by Gasteiger charge is 2.07. The fraction of sp³-hybridized carbons (Fsp3) is 0.133. The van der Waals surface area contributed by atoms with Crippen molar-refractivity contribution in [3.8, 4) is 11.5 Å². The Morgan fingerprint density at radius 3 is 2.35 bits per heavy atom. The van der Waals surface area contributed by atoms with Gasteiger partial charge in [0.1, 0.15) is 11.5 Å². The lowest BCUT2D eigenvalue weighted by Gasteiger charge is -2.08. The van der Waals surface area contributed by atoms with E-state index < -0.39 is 5.97 Å². The summed E-state index contributed by atoms with van der Waals surface area (Å²) in [7, 11) is 0. The van der Waals surface area contributed by atoms with E-state index in [0.29, 0.717) is 11.5 Å². The molecule has 3 nitrogen and oxygen atoms in total. The van der Waals surface area contributed by atoms with Crippen LogP contribution < -0.4 is 9.47 Å². The van der Waals surface area contributed by atoms with Crippen LogP contribution in [-0.4, -0.2) is 12.6 Å². The first-order valence-electron chi connectivity index (χ1n) is 5.90. The first-order chi connectivity index (χ1) is 9.54. The molecule has 2 aromatic carbocycles. The van der Waals surface area contributed by atoms with Crippen molar-refractivity contribution in [2.24, 2.45) is 0 Å². The minimum atomic E-state index is -0.436. The maximum Gasteiger partial charge on any atom is 0.349 e. The quantitative estimate of drug-likeness (QED) is 0.560. The molecule has 0 saturated carbocycles. The topological polar surface area (TPSA) is 35.5 Å². The van der Waals surface area contributed by atoms with Crippen LogP contribution in [0.15, 0.2) is 51.4 Å². The Balaban J connectivity index is 1.89. The number of benzene rings is 2. The third-order valence-corrected chi connectivity index (χ3v) is 3.95. The van der Waals surface area contributed by atoms with Gasteiger partial charge >= 0.3 is 5.97 Å². The van der Waals surface area contributed by atoms with Crippen molar-refractivity contribution in [2.75, 3.05) is 6.61 Å². The molecular weight excluding hydrogens is 388 g/mol. The zero-order valence-corrected chi connectivity index (χ0v) is 13.9. The Kier molecular flexibility index (Phi) is 5.20. The van der Waals surface area contributed by atoms with E-state index >= 15 is 0 Å². The molecule has 0 N–H and O–H groups in total. The van der Waals surface area contributed by atoms with Crippen molar-refractivity contribution < 1.29 is 14.3 Å². The summed E-state index contributed by atoms with van der Waals surface area (Å²) in [6, 6.07) is 12.6. The van der Waals surface area contributed by atoms with Gasteiger partial charge < -0.3 is 9.47 Å². The summed E-state index contributed by atoms with van der Waals surface area (Å²) in [6.45, 7) is 1.80. The van der Waals surface area contributed by atoms with Crippen molar-refractivity contribution in [3.63, 3.8) is 0 Å². The van der Waals surface area contributed by atoms with E-state index in [-0.39, 0.29) is 6.61 Å². The number of halogens is 2. The molecule has 2 rings (SSSR count). The number of carbonyl (C=O) groups is 1. The highest BCUT2D eigenvalue weighted by atomic mass is 79.9. The molecule has 0 saturated heterocycles. The Morgan fingerprint density at radius 2 is 1.70 bits per heavy atom. The Hall–Kier alpha value is -1.33. The monoisotopic (exact) mass is 398 g/mol. The normalized spacial score (nSPS) is 10.2. The van der Waals surface area contributed by atoms with Crippen LogP contribution in [0.5, 0.6) is 11.5 Å². The molecular formula is C15H12Br2O3. The van der Waals surface area contributed by atoms with Gasteiger partial charge in [0.25, 0.3) is 0 Å². The first-order valence-corrected chi connectivity index (χ1v) is 7.48. The minimum Gasteiger partial charge on any atom is -0.482 e. The van der Waals surface area contributed by atoms with Crippen molar-refractivity contribution >= 4 is 37.8 Å². The molecule has 0 aromatic heterocycles. The molecule has 20 heavy (non-hydrogen) atoms. The summed E-state index contributed by atoms with van der Waals surface area (Å²) >= 11 is 6.72. The minimum absolute atomic E-state index is 0.128. The molecule has 0 spiro atoms. The van der Waals surface area contributed by atoms with E-state index in [1.165, 1.54) is 0 Å². The highest BCUT2D eigenvalue weighted by molar-refractivity contribution is 9.10. The van der Waals surface area contributed by atoms with Crippen LogP contribution in [-0.2, 0) is 4.79 Å². The van der Waals surface area contributed by atoms with Gasteiger partial charge in [-0.25, -0.2) is 4.79 Å². The standard InChI is InChI=1S/C15H12Br2O3/c1-10-8-13(6-7-14(10)17)20-15(18)9-19-12-4-2-11(16)3-5-12/h2-8H,9H2,1H3. The lowest BCUT2D eigenvalue weighted by molar-refractivity contribution is -0.136. The SMILES string of the molecule is Cc1cc(OC(=O)COc2ccc(Br)cc2)ccc1Br. The first kappa shape index (κ1) is 15.1. The van der Waals surface area contributed by atoms with Crippen LogP contribution in [0.25, 0.3) is 0 Å². The zero-order valence-electron chi connectivity index (χ0n) is 10.7. The van der Waals surface area contributed by atoms with Crippen LogP contribution in [0.3, 0.4) is 0 Å². The van der Waals surface area contributed by atoms with Crippen LogP contribution in [0.4, 0.5) is 0 Å². The Morgan fingerprint density at radius 1 is 1.05 bits per heavy atom. The van der Waals surface area contributed by atoms with Crippen molar-refractivity contribution in [1.29, 1.82) is 0 Å². The second-order valence-corrected chi connectivity index (χ2v) is 5.90. The fourth-order valence-corrected chi connectivity index (χ4v) is 2.03. The highest BCUT2D eigenvalue weighted by Crippen LogP contribution is 2.22. The van der Waals surface area contributed by atoms with Gasteiger partial charge in [-0.05, 0) is 55.0 Å². The van der Waals surface area contributed by atoms with Crippen molar-refractivity contribution in [1.82, 2.24) is 0 Å². The van der Waals surface area contributed by atoms with Gasteiger partial charge in [0.2, 0.25) is 0 Å². The molecule has 0 amide bonds. The molecule has 5 heteroatoms. The van der Waals surface area contributed by atoms with Crippen LogP contribution >= 0.6 is 31.9 Å². The summed E-state index contributed by atoms with van der Waals surface area (Å²) < 4.78 is 12.5. The predicted octanol–water partition coefficient (Wildman–Crippen LogP) is 4.50. The fourth-order valence-electron chi connectivity index (χ4n) is 1.51. The number of aryl methyl sites for hydroxylation is 1. The maximum atomic E-state index is 11.7. The molecule has 0 aliphatic rings. The molecule has 0 aliphatic carbocycles. The Labute approximate surface area is 134 Å².